The van der Waals surface area contributed by atoms with Gasteiger partial charge in [0.05, 0.1) is 12.8 Å². The van der Waals surface area contributed by atoms with Crippen molar-refractivity contribution in [2.45, 2.75) is 0 Å². The monoisotopic (exact) mass is 325 g/mol. The average Bonchev–Trinajstić information content (AvgIpc) is 3.11. The maximum atomic E-state index is 5.64. The topological polar surface area (TPSA) is 40.6 Å². The van der Waals surface area contributed by atoms with Gasteiger partial charge in [-0.25, -0.2) is 4.98 Å². The highest BCUT2D eigenvalue weighted by Crippen LogP contribution is 2.36. The fourth-order valence-corrected chi connectivity index (χ4v) is 3.32. The van der Waals surface area contributed by atoms with Crippen LogP contribution >= 0.6 is 11.3 Å². The van der Waals surface area contributed by atoms with Crippen LogP contribution in [0.3, 0.4) is 0 Å². The van der Waals surface area contributed by atoms with Crippen molar-refractivity contribution < 1.29 is 14.2 Å². The number of rotatable bonds is 3. The van der Waals surface area contributed by atoms with Gasteiger partial charge in [-0.05, 0) is 30.3 Å². The van der Waals surface area contributed by atoms with E-state index >= 15 is 0 Å². The van der Waals surface area contributed by atoms with Crippen molar-refractivity contribution in [1.29, 1.82) is 0 Å². The Labute approximate surface area is 138 Å². The van der Waals surface area contributed by atoms with Gasteiger partial charge in [0.2, 0.25) is 0 Å². The van der Waals surface area contributed by atoms with Crippen molar-refractivity contribution in [1.82, 2.24) is 4.98 Å². The summed E-state index contributed by atoms with van der Waals surface area (Å²) in [4.78, 5) is 4.74. The second-order valence-electron chi connectivity index (χ2n) is 5.13. The minimum atomic E-state index is 0.586. The molecule has 0 fully saturated rings. The third-order valence-corrected chi connectivity index (χ3v) is 4.55. The molecule has 1 aliphatic rings. The van der Waals surface area contributed by atoms with Crippen LogP contribution in [0.25, 0.3) is 21.8 Å². The van der Waals surface area contributed by atoms with Gasteiger partial charge in [0.25, 0.3) is 0 Å². The van der Waals surface area contributed by atoms with Gasteiger partial charge < -0.3 is 14.2 Å². The van der Waals surface area contributed by atoms with E-state index in [9.17, 15) is 0 Å². The third-order valence-electron chi connectivity index (χ3n) is 3.66. The summed E-state index contributed by atoms with van der Waals surface area (Å²) in [5.74, 6) is 2.41. The molecule has 0 saturated heterocycles. The highest BCUT2D eigenvalue weighted by atomic mass is 32.1. The van der Waals surface area contributed by atoms with Gasteiger partial charge in [-0.1, -0.05) is 12.1 Å². The van der Waals surface area contributed by atoms with E-state index in [1.165, 1.54) is 0 Å². The van der Waals surface area contributed by atoms with Crippen molar-refractivity contribution in [3.63, 3.8) is 0 Å². The zero-order valence-corrected chi connectivity index (χ0v) is 13.4. The largest absolute Gasteiger partial charge is 0.497 e. The summed E-state index contributed by atoms with van der Waals surface area (Å²) in [6, 6.07) is 13.9. The van der Waals surface area contributed by atoms with E-state index in [0.717, 1.165) is 39.1 Å². The van der Waals surface area contributed by atoms with Crippen LogP contribution in [-0.2, 0) is 0 Å². The second-order valence-corrected chi connectivity index (χ2v) is 5.99. The zero-order valence-electron chi connectivity index (χ0n) is 12.6. The van der Waals surface area contributed by atoms with Crippen LogP contribution in [0.1, 0.15) is 0 Å². The Hall–Kier alpha value is -2.53. The summed E-state index contributed by atoms with van der Waals surface area (Å²) in [6.07, 6.45) is 0. The molecule has 5 heteroatoms. The Morgan fingerprint density at radius 3 is 2.74 bits per heavy atom. The summed E-state index contributed by atoms with van der Waals surface area (Å²) in [5.41, 5.74) is 3.02. The number of nitrogens with zero attached hydrogens (tertiary/aromatic N) is 1. The summed E-state index contributed by atoms with van der Waals surface area (Å²) in [6.45, 7) is 1.19. The first-order valence-electron chi connectivity index (χ1n) is 7.33. The van der Waals surface area contributed by atoms with Crippen LogP contribution in [0.2, 0.25) is 0 Å². The third kappa shape index (κ3) is 2.75. The van der Waals surface area contributed by atoms with E-state index in [-0.39, 0.29) is 0 Å². The molecule has 2 aromatic carbocycles. The molecule has 2 heterocycles. The maximum Gasteiger partial charge on any atom is 0.162 e. The zero-order chi connectivity index (χ0) is 15.6. The first-order chi connectivity index (χ1) is 11.3. The maximum absolute atomic E-state index is 5.64. The Bertz CT molecular complexity index is 844. The molecular weight excluding hydrogens is 310 g/mol. The van der Waals surface area contributed by atoms with Gasteiger partial charge in [0.1, 0.15) is 24.0 Å². The standard InChI is InChI=1S/C18H15NO3S/c1-20-14-4-2-3-13(9-14)18-19-15(11-23-18)12-5-6-16-17(10-12)22-8-7-21-16/h2-6,9-11H,7-8H2,1H3. The molecule has 116 valence electrons. The number of benzene rings is 2. The summed E-state index contributed by atoms with van der Waals surface area (Å²) >= 11 is 1.62. The molecule has 0 aliphatic carbocycles. The lowest BCUT2D eigenvalue weighted by molar-refractivity contribution is 0.171. The fraction of sp³-hybridized carbons (Fsp3) is 0.167. The van der Waals surface area contributed by atoms with E-state index in [1.807, 2.05) is 42.5 Å². The Balaban J connectivity index is 1.67. The van der Waals surface area contributed by atoms with Crippen molar-refractivity contribution in [3.05, 3.63) is 47.8 Å². The average molecular weight is 325 g/mol. The van der Waals surface area contributed by atoms with Gasteiger partial charge >= 0.3 is 0 Å². The number of methoxy groups -OCH3 is 1. The number of hydrogen-bond acceptors (Lipinski definition) is 5. The van der Waals surface area contributed by atoms with E-state index in [4.69, 9.17) is 19.2 Å². The molecule has 0 spiro atoms. The summed E-state index contributed by atoms with van der Waals surface area (Å²) in [5, 5.41) is 3.02. The predicted molar refractivity (Wildman–Crippen MR) is 90.5 cm³/mol. The highest BCUT2D eigenvalue weighted by Gasteiger charge is 2.14. The normalized spacial score (nSPS) is 12.9. The number of hydrogen-bond donors (Lipinski definition) is 0. The second kappa shape index (κ2) is 5.93. The number of fused-ring (bicyclic) bond motifs is 1. The highest BCUT2D eigenvalue weighted by molar-refractivity contribution is 7.13. The van der Waals surface area contributed by atoms with Crippen molar-refractivity contribution in [3.8, 4) is 39.1 Å². The SMILES string of the molecule is COc1cccc(-c2nc(-c3ccc4c(c3)OCCO4)cs2)c1. The predicted octanol–water partition coefficient (Wildman–Crippen LogP) is 4.26. The van der Waals surface area contributed by atoms with Crippen molar-refractivity contribution >= 4 is 11.3 Å². The number of thiazole rings is 1. The number of ether oxygens (including phenoxy) is 3. The minimum Gasteiger partial charge on any atom is -0.497 e. The molecule has 0 atom stereocenters. The molecule has 4 rings (SSSR count). The molecule has 1 aliphatic heterocycles. The van der Waals surface area contributed by atoms with Gasteiger partial charge in [-0.15, -0.1) is 11.3 Å². The molecule has 0 saturated carbocycles. The molecule has 1 aromatic heterocycles. The smallest absolute Gasteiger partial charge is 0.162 e. The van der Waals surface area contributed by atoms with Gasteiger partial charge in [0, 0.05) is 16.5 Å². The molecule has 0 bridgehead atoms. The summed E-state index contributed by atoms with van der Waals surface area (Å²) in [7, 11) is 1.67. The Kier molecular flexibility index (Phi) is 3.63. The van der Waals surface area contributed by atoms with Crippen LogP contribution in [0, 0.1) is 0 Å². The molecule has 0 amide bonds. The lowest BCUT2D eigenvalue weighted by Gasteiger charge is -2.18. The van der Waals surface area contributed by atoms with Crippen molar-refractivity contribution in [2.24, 2.45) is 0 Å². The van der Waals surface area contributed by atoms with Crippen LogP contribution < -0.4 is 14.2 Å². The molecule has 0 radical (unpaired) electrons. The molecule has 4 nitrogen and oxygen atoms in total. The van der Waals surface area contributed by atoms with E-state index in [1.54, 1.807) is 18.4 Å². The van der Waals surface area contributed by atoms with Gasteiger partial charge in [-0.2, -0.15) is 0 Å². The van der Waals surface area contributed by atoms with Crippen molar-refractivity contribution in [2.75, 3.05) is 20.3 Å². The molecule has 0 N–H and O–H groups in total. The quantitative estimate of drug-likeness (QED) is 0.721. The van der Waals surface area contributed by atoms with Crippen LogP contribution in [0.4, 0.5) is 0 Å². The van der Waals surface area contributed by atoms with E-state index in [0.29, 0.717) is 13.2 Å². The Morgan fingerprint density at radius 1 is 1.00 bits per heavy atom. The van der Waals surface area contributed by atoms with Crippen LogP contribution in [0.15, 0.2) is 47.8 Å². The first-order valence-corrected chi connectivity index (χ1v) is 8.21. The molecule has 0 unspecified atom stereocenters. The first kappa shape index (κ1) is 14.1. The summed E-state index contributed by atoms with van der Waals surface area (Å²) < 4.78 is 16.5. The van der Waals surface area contributed by atoms with Crippen LogP contribution in [0.5, 0.6) is 17.2 Å². The molecular formula is C18H15NO3S. The number of aromatic nitrogens is 1. The molecule has 23 heavy (non-hydrogen) atoms. The lowest BCUT2D eigenvalue weighted by atomic mass is 10.1. The van der Waals surface area contributed by atoms with Crippen LogP contribution in [-0.4, -0.2) is 25.3 Å². The van der Waals surface area contributed by atoms with E-state index < -0.39 is 0 Å². The minimum absolute atomic E-state index is 0.586. The van der Waals surface area contributed by atoms with Gasteiger partial charge in [0.15, 0.2) is 11.5 Å². The van der Waals surface area contributed by atoms with Gasteiger partial charge in [-0.3, -0.25) is 0 Å². The molecule has 3 aromatic rings. The van der Waals surface area contributed by atoms with E-state index in [2.05, 4.69) is 5.38 Å². The Morgan fingerprint density at radius 2 is 1.87 bits per heavy atom. The fourth-order valence-electron chi connectivity index (χ4n) is 2.50. The lowest BCUT2D eigenvalue weighted by Crippen LogP contribution is -2.15.